The first-order chi connectivity index (χ1) is 8.70. The van der Waals surface area contributed by atoms with Gasteiger partial charge in [-0.05, 0) is 60.5 Å². The zero-order valence-electron chi connectivity index (χ0n) is 11.0. The van der Waals surface area contributed by atoms with Gasteiger partial charge in [0.25, 0.3) is 5.91 Å². The maximum Gasteiger partial charge on any atom is 0.254 e. The summed E-state index contributed by atoms with van der Waals surface area (Å²) in [4.78, 5) is 14.2. The van der Waals surface area contributed by atoms with Crippen LogP contribution < -0.4 is 5.32 Å². The van der Waals surface area contributed by atoms with Crippen molar-refractivity contribution < 1.29 is 4.79 Å². The van der Waals surface area contributed by atoms with Gasteiger partial charge in [-0.25, -0.2) is 0 Å². The Morgan fingerprint density at radius 3 is 2.74 bits per heavy atom. The third-order valence-electron chi connectivity index (χ3n) is 3.40. The lowest BCUT2D eigenvalue weighted by Crippen LogP contribution is -2.40. The molecule has 1 aliphatic heterocycles. The maximum absolute atomic E-state index is 12.2. The summed E-state index contributed by atoms with van der Waals surface area (Å²) in [6.07, 6.45) is 2.25. The number of amides is 1. The fourth-order valence-electron chi connectivity index (χ4n) is 2.29. The Morgan fingerprint density at radius 2 is 2.21 bits per heavy atom. The number of thiophene rings is 1. The van der Waals surface area contributed by atoms with Crippen molar-refractivity contribution in [3.8, 4) is 0 Å². The minimum absolute atomic E-state index is 0. The predicted molar refractivity (Wildman–Crippen MR) is 91.5 cm³/mol. The van der Waals surface area contributed by atoms with Crippen LogP contribution in [0.15, 0.2) is 11.4 Å². The van der Waals surface area contributed by atoms with E-state index in [1.165, 1.54) is 2.88 Å². The van der Waals surface area contributed by atoms with Crippen molar-refractivity contribution >= 4 is 52.2 Å². The van der Waals surface area contributed by atoms with Gasteiger partial charge in [0.15, 0.2) is 0 Å². The van der Waals surface area contributed by atoms with E-state index in [2.05, 4.69) is 34.8 Å². The minimum Gasteiger partial charge on any atom is -0.339 e. The van der Waals surface area contributed by atoms with Crippen LogP contribution in [0.2, 0.25) is 0 Å². The van der Waals surface area contributed by atoms with E-state index in [9.17, 15) is 4.79 Å². The molecule has 1 fully saturated rings. The van der Waals surface area contributed by atoms with Crippen molar-refractivity contribution in [3.05, 3.63) is 19.9 Å². The minimum atomic E-state index is 0. The molecule has 19 heavy (non-hydrogen) atoms. The SMILES string of the molecule is CCNCC1CCN(C(=O)c2csc(I)c2)CC1.Cl. The Labute approximate surface area is 138 Å². The van der Waals surface area contributed by atoms with Gasteiger partial charge >= 0.3 is 0 Å². The topological polar surface area (TPSA) is 32.3 Å². The molecule has 1 aromatic heterocycles. The van der Waals surface area contributed by atoms with Gasteiger partial charge in [-0.1, -0.05) is 6.92 Å². The first-order valence-corrected chi connectivity index (χ1v) is 8.40. The zero-order valence-corrected chi connectivity index (χ0v) is 14.8. The van der Waals surface area contributed by atoms with Crippen molar-refractivity contribution in [3.63, 3.8) is 0 Å². The van der Waals surface area contributed by atoms with E-state index in [1.807, 2.05) is 16.3 Å². The number of rotatable bonds is 4. The van der Waals surface area contributed by atoms with Crippen molar-refractivity contribution in [2.75, 3.05) is 26.2 Å². The molecule has 1 aliphatic rings. The molecule has 1 aromatic rings. The van der Waals surface area contributed by atoms with Gasteiger partial charge < -0.3 is 10.2 Å². The van der Waals surface area contributed by atoms with E-state index in [0.29, 0.717) is 0 Å². The van der Waals surface area contributed by atoms with Gasteiger partial charge in [-0.3, -0.25) is 4.79 Å². The molecular formula is C13H20ClIN2OS. The molecule has 0 aliphatic carbocycles. The molecule has 0 unspecified atom stereocenters. The predicted octanol–water partition coefficient (Wildman–Crippen LogP) is 3.24. The summed E-state index contributed by atoms with van der Waals surface area (Å²) in [5.74, 6) is 0.938. The van der Waals surface area contributed by atoms with Gasteiger partial charge in [0, 0.05) is 18.5 Å². The number of piperidine rings is 1. The monoisotopic (exact) mass is 414 g/mol. The van der Waals surface area contributed by atoms with Gasteiger partial charge in [-0.15, -0.1) is 23.7 Å². The first-order valence-electron chi connectivity index (χ1n) is 6.44. The second kappa shape index (κ2) is 8.44. The summed E-state index contributed by atoms with van der Waals surface area (Å²) in [7, 11) is 0. The van der Waals surface area contributed by atoms with Gasteiger partial charge in [0.05, 0.1) is 8.45 Å². The molecule has 108 valence electrons. The van der Waals surface area contributed by atoms with Gasteiger partial charge in [0.1, 0.15) is 0 Å². The van der Waals surface area contributed by atoms with E-state index < -0.39 is 0 Å². The second-order valence-corrected chi connectivity index (χ2v) is 7.49. The third-order valence-corrected chi connectivity index (χ3v) is 5.19. The standard InChI is InChI=1S/C13H19IN2OS.ClH/c1-2-15-8-10-3-5-16(6-4-10)13(17)11-7-12(14)18-9-11;/h7,9-10,15H,2-6,8H2,1H3;1H. The lowest BCUT2D eigenvalue weighted by molar-refractivity contribution is 0.0691. The summed E-state index contributed by atoms with van der Waals surface area (Å²) in [6.45, 7) is 6.07. The van der Waals surface area contributed by atoms with Crippen molar-refractivity contribution in [2.45, 2.75) is 19.8 Å². The zero-order chi connectivity index (χ0) is 13.0. The highest BCUT2D eigenvalue weighted by Crippen LogP contribution is 2.22. The number of nitrogens with one attached hydrogen (secondary N) is 1. The van der Waals surface area contributed by atoms with E-state index in [-0.39, 0.29) is 18.3 Å². The highest BCUT2D eigenvalue weighted by atomic mass is 127. The molecule has 0 atom stereocenters. The first kappa shape index (κ1) is 17.2. The fourth-order valence-corrected chi connectivity index (χ4v) is 3.61. The molecule has 3 nitrogen and oxygen atoms in total. The highest BCUT2D eigenvalue weighted by Gasteiger charge is 2.23. The molecule has 0 spiro atoms. The molecular weight excluding hydrogens is 395 g/mol. The quantitative estimate of drug-likeness (QED) is 0.767. The molecule has 6 heteroatoms. The number of carbonyl (C=O) groups is 1. The molecule has 2 rings (SSSR count). The maximum atomic E-state index is 12.2. The Kier molecular flexibility index (Phi) is 7.64. The summed E-state index contributed by atoms with van der Waals surface area (Å²) in [5.41, 5.74) is 0.856. The van der Waals surface area contributed by atoms with Crippen LogP contribution in [-0.4, -0.2) is 37.0 Å². The molecule has 2 heterocycles. The van der Waals surface area contributed by atoms with E-state index in [4.69, 9.17) is 0 Å². The van der Waals surface area contributed by atoms with Gasteiger partial charge in [-0.2, -0.15) is 0 Å². The average molecular weight is 415 g/mol. The lowest BCUT2D eigenvalue weighted by Gasteiger charge is -2.32. The van der Waals surface area contributed by atoms with Crippen LogP contribution >= 0.6 is 46.3 Å². The van der Waals surface area contributed by atoms with Crippen LogP contribution in [0.1, 0.15) is 30.1 Å². The Morgan fingerprint density at radius 1 is 1.53 bits per heavy atom. The van der Waals surface area contributed by atoms with Crippen molar-refractivity contribution in [1.29, 1.82) is 0 Å². The highest BCUT2D eigenvalue weighted by molar-refractivity contribution is 14.1. The van der Waals surface area contributed by atoms with Crippen LogP contribution in [0, 0.1) is 8.80 Å². The van der Waals surface area contributed by atoms with Crippen LogP contribution in [0.25, 0.3) is 0 Å². The van der Waals surface area contributed by atoms with Crippen LogP contribution in [0.4, 0.5) is 0 Å². The van der Waals surface area contributed by atoms with E-state index in [1.54, 1.807) is 11.3 Å². The third kappa shape index (κ3) is 4.88. The largest absolute Gasteiger partial charge is 0.339 e. The summed E-state index contributed by atoms with van der Waals surface area (Å²) in [5, 5.41) is 5.36. The smallest absolute Gasteiger partial charge is 0.254 e. The summed E-state index contributed by atoms with van der Waals surface area (Å²) in [6, 6.07) is 1.98. The number of hydrogen-bond donors (Lipinski definition) is 1. The van der Waals surface area contributed by atoms with Crippen LogP contribution in [-0.2, 0) is 0 Å². The van der Waals surface area contributed by atoms with Crippen molar-refractivity contribution in [2.24, 2.45) is 5.92 Å². The Hall–Kier alpha value is 0.150. The number of nitrogens with zero attached hydrogens (tertiary/aromatic N) is 1. The Bertz CT molecular complexity index is 405. The van der Waals surface area contributed by atoms with Crippen molar-refractivity contribution in [1.82, 2.24) is 10.2 Å². The number of hydrogen-bond acceptors (Lipinski definition) is 3. The lowest BCUT2D eigenvalue weighted by atomic mass is 9.96. The van der Waals surface area contributed by atoms with Crippen LogP contribution in [0.5, 0.6) is 0 Å². The molecule has 1 N–H and O–H groups in total. The molecule has 1 saturated heterocycles. The van der Waals surface area contributed by atoms with E-state index in [0.717, 1.165) is 50.5 Å². The Balaban J connectivity index is 0.00000180. The molecule has 0 aromatic carbocycles. The second-order valence-electron chi connectivity index (χ2n) is 4.68. The normalized spacial score (nSPS) is 16.2. The average Bonchev–Trinajstić information content (AvgIpc) is 2.83. The molecule has 1 amide bonds. The molecule has 0 radical (unpaired) electrons. The van der Waals surface area contributed by atoms with Gasteiger partial charge in [0.2, 0.25) is 0 Å². The molecule has 0 bridgehead atoms. The number of likely N-dealkylation sites (tertiary alicyclic amines) is 1. The number of halogens is 2. The van der Waals surface area contributed by atoms with Crippen LogP contribution in [0.3, 0.4) is 0 Å². The summed E-state index contributed by atoms with van der Waals surface area (Å²) < 4.78 is 1.18. The van der Waals surface area contributed by atoms with E-state index >= 15 is 0 Å². The fraction of sp³-hybridized carbons (Fsp3) is 0.615. The number of carbonyl (C=O) groups excluding carboxylic acids is 1. The molecule has 0 saturated carbocycles. The summed E-state index contributed by atoms with van der Waals surface area (Å²) >= 11 is 3.90.